The largest absolute Gasteiger partial charge is 0.362 e. The summed E-state index contributed by atoms with van der Waals surface area (Å²) >= 11 is 4.92. The van der Waals surface area contributed by atoms with Gasteiger partial charge in [0.05, 0.1) is 9.98 Å². The van der Waals surface area contributed by atoms with E-state index in [4.69, 9.17) is 0 Å². The molecule has 0 radical (unpaired) electrons. The van der Waals surface area contributed by atoms with E-state index in [1.807, 2.05) is 13.8 Å². The molecule has 1 N–H and O–H groups in total. The molecule has 1 heterocycles. The van der Waals surface area contributed by atoms with Gasteiger partial charge in [-0.3, -0.25) is 0 Å². The van der Waals surface area contributed by atoms with Crippen LogP contribution in [0.1, 0.15) is 20.8 Å². The van der Waals surface area contributed by atoms with Gasteiger partial charge in [0.1, 0.15) is 0 Å². The highest BCUT2D eigenvalue weighted by Gasteiger charge is 1.94. The molecule has 2 nitrogen and oxygen atoms in total. The lowest BCUT2D eigenvalue weighted by Crippen LogP contribution is -1.93. The minimum Gasteiger partial charge on any atom is -0.362 e. The second-order valence-electron chi connectivity index (χ2n) is 1.50. The molecule has 0 fully saturated rings. The Morgan fingerprint density at radius 1 is 1.64 bits per heavy atom. The summed E-state index contributed by atoms with van der Waals surface area (Å²) in [6.45, 7) is 6.98. The van der Waals surface area contributed by atoms with Crippen LogP contribution in [0.4, 0.5) is 5.13 Å². The lowest BCUT2D eigenvalue weighted by atomic mass is 10.8. The monoisotopic (exact) mass is 236 g/mol. The van der Waals surface area contributed by atoms with Gasteiger partial charge in [-0.2, -0.15) is 0 Å². The van der Waals surface area contributed by atoms with Crippen LogP contribution in [0.3, 0.4) is 0 Å². The first-order chi connectivity index (χ1) is 5.33. The van der Waals surface area contributed by atoms with Crippen LogP contribution in [0.15, 0.2) is 9.98 Å². The number of rotatable bonds is 2. The number of hydrogen-bond donors (Lipinski definition) is 1. The zero-order valence-corrected chi connectivity index (χ0v) is 9.42. The summed E-state index contributed by atoms with van der Waals surface area (Å²) in [5, 5.41) is 4.08. The van der Waals surface area contributed by atoms with E-state index in [0.717, 1.165) is 15.5 Å². The van der Waals surface area contributed by atoms with E-state index in [9.17, 15) is 0 Å². The average molecular weight is 237 g/mol. The summed E-state index contributed by atoms with van der Waals surface area (Å²) in [6.07, 6.45) is 1.79. The van der Waals surface area contributed by atoms with Gasteiger partial charge >= 0.3 is 0 Å². The molecule has 0 aliphatic carbocycles. The van der Waals surface area contributed by atoms with Gasteiger partial charge in [-0.05, 0) is 22.9 Å². The smallest absolute Gasteiger partial charge is 0.183 e. The van der Waals surface area contributed by atoms with E-state index in [1.165, 1.54) is 0 Å². The molecule has 0 bridgehead atoms. The molecule has 11 heavy (non-hydrogen) atoms. The van der Waals surface area contributed by atoms with Crippen molar-refractivity contribution in [2.45, 2.75) is 20.8 Å². The van der Waals surface area contributed by atoms with Gasteiger partial charge in [-0.25, -0.2) is 4.98 Å². The van der Waals surface area contributed by atoms with Gasteiger partial charge in [0.2, 0.25) is 0 Å². The topological polar surface area (TPSA) is 24.9 Å². The van der Waals surface area contributed by atoms with E-state index >= 15 is 0 Å². The van der Waals surface area contributed by atoms with Crippen molar-refractivity contribution in [3.05, 3.63) is 9.98 Å². The molecule has 1 aromatic heterocycles. The third-order valence-corrected chi connectivity index (χ3v) is 2.24. The van der Waals surface area contributed by atoms with Crippen molar-refractivity contribution < 1.29 is 0 Å². The number of anilines is 1. The Balaban J connectivity index is 0.000000461. The molecule has 0 amide bonds. The van der Waals surface area contributed by atoms with Gasteiger partial charge in [0.25, 0.3) is 0 Å². The Morgan fingerprint density at radius 3 is 2.64 bits per heavy atom. The lowest BCUT2D eigenvalue weighted by Gasteiger charge is -1.91. The van der Waals surface area contributed by atoms with E-state index < -0.39 is 0 Å². The quantitative estimate of drug-likeness (QED) is 0.853. The van der Waals surface area contributed by atoms with Crippen molar-refractivity contribution in [1.82, 2.24) is 4.98 Å². The molecule has 0 aliphatic heterocycles. The number of hydrogen-bond acceptors (Lipinski definition) is 3. The molecule has 0 saturated carbocycles. The van der Waals surface area contributed by atoms with Crippen LogP contribution in [-0.4, -0.2) is 11.5 Å². The Hall–Kier alpha value is -0.0900. The van der Waals surface area contributed by atoms with Gasteiger partial charge in [-0.1, -0.05) is 25.2 Å². The standard InChI is InChI=1S/C5H7BrN2S.C2H6/c1-2-7-5-8-3-4(6)9-5;1-2/h3H,2H2,1H3,(H,7,8);1-2H3. The number of nitrogens with zero attached hydrogens (tertiary/aromatic N) is 1. The van der Waals surface area contributed by atoms with Gasteiger partial charge < -0.3 is 5.32 Å². The second kappa shape index (κ2) is 6.61. The SMILES string of the molecule is CC.CCNc1ncc(Br)s1. The molecular formula is C7H13BrN2S. The summed E-state index contributed by atoms with van der Waals surface area (Å²) in [7, 11) is 0. The van der Waals surface area contributed by atoms with Crippen molar-refractivity contribution in [3.63, 3.8) is 0 Å². The maximum atomic E-state index is 4.07. The fraction of sp³-hybridized carbons (Fsp3) is 0.571. The van der Waals surface area contributed by atoms with Crippen LogP contribution < -0.4 is 5.32 Å². The Bertz CT molecular complexity index is 188. The summed E-state index contributed by atoms with van der Waals surface area (Å²) in [5.41, 5.74) is 0. The van der Waals surface area contributed by atoms with Crippen LogP contribution in [0.5, 0.6) is 0 Å². The van der Waals surface area contributed by atoms with Crippen molar-refractivity contribution in [3.8, 4) is 0 Å². The van der Waals surface area contributed by atoms with Gasteiger partial charge in [-0.15, -0.1) is 0 Å². The van der Waals surface area contributed by atoms with Crippen molar-refractivity contribution >= 4 is 32.4 Å². The third-order valence-electron chi connectivity index (χ3n) is 0.805. The van der Waals surface area contributed by atoms with Crippen LogP contribution >= 0.6 is 27.3 Å². The number of halogens is 1. The number of thiazole rings is 1. The van der Waals surface area contributed by atoms with Gasteiger partial charge in [0, 0.05) is 6.54 Å². The normalized spacial score (nSPS) is 8.36. The van der Waals surface area contributed by atoms with Crippen LogP contribution in [-0.2, 0) is 0 Å². The van der Waals surface area contributed by atoms with Crippen LogP contribution in [0.2, 0.25) is 0 Å². The van der Waals surface area contributed by atoms with E-state index in [1.54, 1.807) is 17.5 Å². The fourth-order valence-corrected chi connectivity index (χ4v) is 1.66. The molecule has 0 unspecified atom stereocenters. The molecule has 4 heteroatoms. The third kappa shape index (κ3) is 4.37. The maximum Gasteiger partial charge on any atom is 0.183 e. The molecule has 1 rings (SSSR count). The molecule has 1 aromatic rings. The first-order valence-corrected chi connectivity index (χ1v) is 5.29. The highest BCUT2D eigenvalue weighted by atomic mass is 79.9. The van der Waals surface area contributed by atoms with Crippen molar-refractivity contribution in [2.75, 3.05) is 11.9 Å². The van der Waals surface area contributed by atoms with Crippen molar-refractivity contribution in [2.24, 2.45) is 0 Å². The number of nitrogens with one attached hydrogen (secondary N) is 1. The summed E-state index contributed by atoms with van der Waals surface area (Å²) in [4.78, 5) is 4.07. The lowest BCUT2D eigenvalue weighted by molar-refractivity contribution is 1.19. The maximum absolute atomic E-state index is 4.07. The first-order valence-electron chi connectivity index (χ1n) is 3.68. The van der Waals surface area contributed by atoms with Crippen LogP contribution in [0.25, 0.3) is 0 Å². The van der Waals surface area contributed by atoms with Crippen LogP contribution in [0, 0.1) is 0 Å². The molecule has 0 aromatic carbocycles. The number of aromatic nitrogens is 1. The average Bonchev–Trinajstić information content (AvgIpc) is 2.41. The predicted octanol–water partition coefficient (Wildman–Crippen LogP) is 3.36. The minimum atomic E-state index is 0.931. The zero-order chi connectivity index (χ0) is 8.69. The summed E-state index contributed by atoms with van der Waals surface area (Å²) < 4.78 is 1.07. The highest BCUT2D eigenvalue weighted by molar-refractivity contribution is 9.11. The Morgan fingerprint density at radius 2 is 2.27 bits per heavy atom. The first kappa shape index (κ1) is 10.9. The molecule has 0 spiro atoms. The van der Waals surface area contributed by atoms with Gasteiger partial charge in [0.15, 0.2) is 5.13 Å². The van der Waals surface area contributed by atoms with Crippen molar-refractivity contribution in [1.29, 1.82) is 0 Å². The molecular weight excluding hydrogens is 224 g/mol. The molecule has 0 atom stereocenters. The predicted molar refractivity (Wildman–Crippen MR) is 55.3 cm³/mol. The van der Waals surface area contributed by atoms with E-state index in [0.29, 0.717) is 0 Å². The Labute approximate surface area is 80.2 Å². The minimum absolute atomic E-state index is 0.931. The molecule has 64 valence electrons. The van der Waals surface area contributed by atoms with E-state index in [-0.39, 0.29) is 0 Å². The highest BCUT2D eigenvalue weighted by Crippen LogP contribution is 2.22. The fourth-order valence-electron chi connectivity index (χ4n) is 0.487. The summed E-state index contributed by atoms with van der Waals surface area (Å²) in [6, 6.07) is 0. The van der Waals surface area contributed by atoms with E-state index in [2.05, 4.69) is 33.2 Å². The second-order valence-corrected chi connectivity index (χ2v) is 3.91. The zero-order valence-electron chi connectivity index (χ0n) is 7.02. The molecule has 0 saturated heterocycles. The molecule has 0 aliphatic rings. The summed E-state index contributed by atoms with van der Waals surface area (Å²) in [5.74, 6) is 0. The Kier molecular flexibility index (Phi) is 6.56.